The van der Waals surface area contributed by atoms with Crippen molar-refractivity contribution in [3.05, 3.63) is 59.5 Å². The minimum absolute atomic E-state index is 0. The lowest BCUT2D eigenvalue weighted by Gasteiger charge is -2.37. The largest absolute Gasteiger partial charge is 0.459 e. The molecule has 2 aliphatic heterocycles. The third kappa shape index (κ3) is 3.45. The second-order valence-corrected chi connectivity index (χ2v) is 8.31. The Morgan fingerprint density at radius 2 is 1.83 bits per heavy atom. The maximum absolute atomic E-state index is 13.5. The van der Waals surface area contributed by atoms with E-state index < -0.39 is 6.04 Å². The summed E-state index contributed by atoms with van der Waals surface area (Å²) >= 11 is 0. The highest BCUT2D eigenvalue weighted by molar-refractivity contribution is 5.96. The van der Waals surface area contributed by atoms with Gasteiger partial charge in [0.2, 0.25) is 5.91 Å². The van der Waals surface area contributed by atoms with Gasteiger partial charge in [0, 0.05) is 32.1 Å². The van der Waals surface area contributed by atoms with E-state index in [4.69, 9.17) is 10.2 Å². The number of nitrogens with zero attached hydrogens (tertiary/aromatic N) is 2. The first-order chi connectivity index (χ1) is 13.6. The van der Waals surface area contributed by atoms with Crippen molar-refractivity contribution in [1.29, 1.82) is 0 Å². The number of carbonyl (C=O) groups is 2. The van der Waals surface area contributed by atoms with Crippen LogP contribution < -0.4 is 5.73 Å². The van der Waals surface area contributed by atoms with Gasteiger partial charge < -0.3 is 20.0 Å². The highest BCUT2D eigenvalue weighted by Gasteiger charge is 2.45. The van der Waals surface area contributed by atoms with Gasteiger partial charge >= 0.3 is 0 Å². The van der Waals surface area contributed by atoms with Gasteiger partial charge in [0.05, 0.1) is 6.26 Å². The number of fused-ring (bicyclic) bond motifs is 2. The highest BCUT2D eigenvalue weighted by Crippen LogP contribution is 2.38. The molecule has 0 radical (unpaired) electrons. The molecular formula is C22H26ClN3O3. The molecule has 1 saturated heterocycles. The van der Waals surface area contributed by atoms with Crippen molar-refractivity contribution in [3.63, 3.8) is 0 Å². The maximum atomic E-state index is 13.5. The van der Waals surface area contributed by atoms with Crippen LogP contribution in [0.1, 0.15) is 34.5 Å². The number of nitrogens with two attached hydrogens (primary N) is 1. The van der Waals surface area contributed by atoms with Crippen LogP contribution in [0.25, 0.3) is 0 Å². The average molecular weight is 416 g/mol. The summed E-state index contributed by atoms with van der Waals surface area (Å²) in [5.74, 6) is 0.987. The van der Waals surface area contributed by atoms with Crippen molar-refractivity contribution in [2.75, 3.05) is 13.1 Å². The molecule has 6 nitrogen and oxygen atoms in total. The lowest BCUT2D eigenvalue weighted by molar-refractivity contribution is -0.136. The molecule has 5 rings (SSSR count). The first kappa shape index (κ1) is 20.0. The predicted octanol–water partition coefficient (Wildman–Crippen LogP) is 2.46. The van der Waals surface area contributed by atoms with E-state index in [9.17, 15) is 9.59 Å². The van der Waals surface area contributed by atoms with Gasteiger partial charge in [0.15, 0.2) is 5.76 Å². The molecule has 0 spiro atoms. The number of hydrogen-bond acceptors (Lipinski definition) is 4. The molecule has 2 N–H and O–H groups in total. The summed E-state index contributed by atoms with van der Waals surface area (Å²) in [4.78, 5) is 30.2. The van der Waals surface area contributed by atoms with E-state index >= 15 is 0 Å². The van der Waals surface area contributed by atoms with Gasteiger partial charge in [-0.2, -0.15) is 0 Å². The molecule has 4 unspecified atom stereocenters. The summed E-state index contributed by atoms with van der Waals surface area (Å²) in [6, 6.07) is 11.1. The number of carbonyl (C=O) groups excluding carboxylic acids is 2. The Bertz CT molecular complexity index is 900. The van der Waals surface area contributed by atoms with Crippen LogP contribution >= 0.6 is 12.4 Å². The summed E-state index contributed by atoms with van der Waals surface area (Å²) in [7, 11) is 0. The van der Waals surface area contributed by atoms with Gasteiger partial charge in [0.25, 0.3) is 5.91 Å². The van der Waals surface area contributed by atoms with Crippen LogP contribution in [0.15, 0.2) is 47.1 Å². The summed E-state index contributed by atoms with van der Waals surface area (Å²) in [6.07, 6.45) is 4.18. The van der Waals surface area contributed by atoms with E-state index in [0.29, 0.717) is 31.3 Å². The fourth-order valence-electron chi connectivity index (χ4n) is 5.20. The third-order valence-corrected chi connectivity index (χ3v) is 6.75. The Balaban J connectivity index is 0.00000205. The zero-order valence-corrected chi connectivity index (χ0v) is 17.0. The summed E-state index contributed by atoms with van der Waals surface area (Å²) < 4.78 is 5.33. The number of halogens is 1. The first-order valence-corrected chi connectivity index (χ1v) is 10.1. The molecule has 1 aliphatic carbocycles. The lowest BCUT2D eigenvalue weighted by atomic mass is 9.93. The van der Waals surface area contributed by atoms with Crippen molar-refractivity contribution in [3.8, 4) is 0 Å². The molecular weight excluding hydrogens is 390 g/mol. The first-order valence-electron chi connectivity index (χ1n) is 10.1. The van der Waals surface area contributed by atoms with Crippen molar-refractivity contribution in [2.45, 2.75) is 37.9 Å². The van der Waals surface area contributed by atoms with Crippen LogP contribution in [0.4, 0.5) is 0 Å². The number of furan rings is 1. The van der Waals surface area contributed by atoms with Crippen molar-refractivity contribution in [2.24, 2.45) is 17.6 Å². The molecule has 7 heteroatoms. The van der Waals surface area contributed by atoms with Gasteiger partial charge in [-0.3, -0.25) is 9.59 Å². The minimum atomic E-state index is -0.498. The lowest BCUT2D eigenvalue weighted by Crippen LogP contribution is -2.53. The molecule has 2 amide bonds. The fourth-order valence-corrected chi connectivity index (χ4v) is 5.20. The van der Waals surface area contributed by atoms with E-state index in [1.165, 1.54) is 6.26 Å². The van der Waals surface area contributed by atoms with E-state index in [2.05, 4.69) is 6.07 Å². The van der Waals surface area contributed by atoms with Crippen LogP contribution in [0.5, 0.6) is 0 Å². The quantitative estimate of drug-likeness (QED) is 0.817. The van der Waals surface area contributed by atoms with Crippen LogP contribution in [-0.4, -0.2) is 46.8 Å². The smallest absolute Gasteiger partial charge is 0.290 e. The number of likely N-dealkylation sites (tertiary alicyclic amines) is 1. The van der Waals surface area contributed by atoms with E-state index in [1.54, 1.807) is 17.0 Å². The molecule has 3 heterocycles. The van der Waals surface area contributed by atoms with Crippen molar-refractivity contribution < 1.29 is 14.0 Å². The van der Waals surface area contributed by atoms with Gasteiger partial charge in [0.1, 0.15) is 6.04 Å². The molecule has 2 aromatic rings. The van der Waals surface area contributed by atoms with Crippen molar-refractivity contribution in [1.82, 2.24) is 9.80 Å². The Morgan fingerprint density at radius 1 is 1.03 bits per heavy atom. The van der Waals surface area contributed by atoms with Crippen LogP contribution in [-0.2, 0) is 17.8 Å². The fraction of sp³-hybridized carbons (Fsp3) is 0.455. The SMILES string of the molecule is Cl.NC1CCC2CN(C(=O)C3Cc4ccccc4CN3C(=O)c3ccco3)CC12. The summed E-state index contributed by atoms with van der Waals surface area (Å²) in [6.45, 7) is 1.90. The van der Waals surface area contributed by atoms with Gasteiger partial charge in [-0.25, -0.2) is 0 Å². The highest BCUT2D eigenvalue weighted by atomic mass is 35.5. The Kier molecular flexibility index (Phi) is 5.40. The normalized spacial score (nSPS) is 27.9. The Morgan fingerprint density at radius 3 is 2.55 bits per heavy atom. The Labute approximate surface area is 176 Å². The molecule has 29 heavy (non-hydrogen) atoms. The maximum Gasteiger partial charge on any atom is 0.290 e. The van der Waals surface area contributed by atoms with Gasteiger partial charge in [-0.15, -0.1) is 12.4 Å². The standard InChI is InChI=1S/C22H25N3O3.ClH/c23-18-8-7-16-11-24(13-17(16)18)21(26)19-10-14-4-1-2-5-15(14)12-25(19)22(27)20-6-3-9-28-20;/h1-6,9,16-19H,7-8,10-13,23H2;1H. The number of amides is 2. The molecule has 1 aromatic heterocycles. The predicted molar refractivity (Wildman–Crippen MR) is 111 cm³/mol. The molecule has 4 atom stereocenters. The zero-order valence-electron chi connectivity index (χ0n) is 16.2. The number of benzene rings is 1. The van der Waals surface area contributed by atoms with Crippen LogP contribution in [0.3, 0.4) is 0 Å². The van der Waals surface area contributed by atoms with E-state index in [0.717, 1.165) is 30.5 Å². The molecule has 0 bridgehead atoms. The average Bonchev–Trinajstić information content (AvgIpc) is 3.45. The second-order valence-electron chi connectivity index (χ2n) is 8.31. The molecule has 1 saturated carbocycles. The van der Waals surface area contributed by atoms with Crippen molar-refractivity contribution >= 4 is 24.2 Å². The van der Waals surface area contributed by atoms with E-state index in [-0.39, 0.29) is 36.0 Å². The number of rotatable bonds is 2. The van der Waals surface area contributed by atoms with Gasteiger partial charge in [-0.05, 0) is 47.9 Å². The Hall–Kier alpha value is -2.31. The summed E-state index contributed by atoms with van der Waals surface area (Å²) in [5, 5.41) is 0. The molecule has 1 aromatic carbocycles. The third-order valence-electron chi connectivity index (χ3n) is 6.75. The van der Waals surface area contributed by atoms with Crippen LogP contribution in [0.2, 0.25) is 0 Å². The van der Waals surface area contributed by atoms with Gasteiger partial charge in [-0.1, -0.05) is 24.3 Å². The number of hydrogen-bond donors (Lipinski definition) is 1. The van der Waals surface area contributed by atoms with Crippen LogP contribution in [0, 0.1) is 11.8 Å². The second kappa shape index (κ2) is 7.84. The zero-order chi connectivity index (χ0) is 19.3. The molecule has 3 aliphatic rings. The molecule has 154 valence electrons. The molecule has 2 fully saturated rings. The minimum Gasteiger partial charge on any atom is -0.459 e. The monoisotopic (exact) mass is 415 g/mol. The van der Waals surface area contributed by atoms with E-state index in [1.807, 2.05) is 23.1 Å². The topological polar surface area (TPSA) is 79.8 Å². The summed E-state index contributed by atoms with van der Waals surface area (Å²) in [5.41, 5.74) is 8.48.